The fraction of sp³-hybridized carbons (Fsp3) is 0.304. The molecule has 0 spiro atoms. The fourth-order valence-electron chi connectivity index (χ4n) is 4.77. The third kappa shape index (κ3) is 2.27. The molecule has 2 heteroatoms. The summed E-state index contributed by atoms with van der Waals surface area (Å²) < 4.78 is 0. The zero-order chi connectivity index (χ0) is 17.9. The molecule has 2 aliphatic rings. The van der Waals surface area contributed by atoms with Gasteiger partial charge in [0, 0.05) is 21.9 Å². The summed E-state index contributed by atoms with van der Waals surface area (Å²) >= 11 is 13.8. The van der Waals surface area contributed by atoms with Gasteiger partial charge in [0.2, 0.25) is 0 Å². The van der Waals surface area contributed by atoms with E-state index in [1.165, 1.54) is 33.4 Å². The van der Waals surface area contributed by atoms with Crippen LogP contribution in [0.25, 0.3) is 11.1 Å². The molecule has 2 atom stereocenters. The standard InChI is InChI=1S/C23H22Cl2/c1-13-15-9-5-7-11-17(15)19(21(13)24)23(3,4)20-18-12-8-6-10-16(18)14(2)22(20)25/h5-12,19-20H,1-4H3. The molecule has 0 N–H and O–H groups in total. The Morgan fingerprint density at radius 1 is 0.680 bits per heavy atom. The molecule has 0 nitrogen and oxygen atoms in total. The second-order valence-corrected chi connectivity index (χ2v) is 8.62. The van der Waals surface area contributed by atoms with Crippen LogP contribution < -0.4 is 0 Å². The first kappa shape index (κ1) is 16.9. The van der Waals surface area contributed by atoms with Gasteiger partial charge in [0.1, 0.15) is 0 Å². The van der Waals surface area contributed by atoms with Gasteiger partial charge in [-0.05, 0) is 52.7 Å². The van der Waals surface area contributed by atoms with Crippen molar-refractivity contribution in [2.24, 2.45) is 5.41 Å². The molecule has 0 heterocycles. The lowest BCUT2D eigenvalue weighted by Crippen LogP contribution is -2.29. The van der Waals surface area contributed by atoms with Crippen LogP contribution in [0.4, 0.5) is 0 Å². The van der Waals surface area contributed by atoms with E-state index in [1.54, 1.807) is 0 Å². The molecule has 0 saturated heterocycles. The van der Waals surface area contributed by atoms with Gasteiger partial charge in [-0.3, -0.25) is 0 Å². The van der Waals surface area contributed by atoms with Crippen molar-refractivity contribution >= 4 is 34.3 Å². The quantitative estimate of drug-likeness (QED) is 0.513. The van der Waals surface area contributed by atoms with E-state index < -0.39 is 0 Å². The van der Waals surface area contributed by atoms with Gasteiger partial charge >= 0.3 is 0 Å². The third-order valence-corrected chi connectivity index (χ3v) is 7.07. The van der Waals surface area contributed by atoms with E-state index in [-0.39, 0.29) is 17.3 Å². The number of benzene rings is 2. The summed E-state index contributed by atoms with van der Waals surface area (Å²) in [4.78, 5) is 0. The normalized spacial score (nSPS) is 22.5. The summed E-state index contributed by atoms with van der Waals surface area (Å²) in [7, 11) is 0. The number of hydrogen-bond donors (Lipinski definition) is 0. The van der Waals surface area contributed by atoms with E-state index >= 15 is 0 Å². The average molecular weight is 369 g/mol. The Bertz CT molecular complexity index is 855. The maximum Gasteiger partial charge on any atom is 0.0296 e. The number of allylic oxidation sites excluding steroid dienone is 4. The van der Waals surface area contributed by atoms with Crippen molar-refractivity contribution in [3.63, 3.8) is 0 Å². The molecule has 0 radical (unpaired) electrons. The minimum Gasteiger partial charge on any atom is -0.0881 e. The van der Waals surface area contributed by atoms with Crippen LogP contribution in [0.5, 0.6) is 0 Å². The van der Waals surface area contributed by atoms with Crippen LogP contribution in [0.1, 0.15) is 61.8 Å². The number of hydrogen-bond acceptors (Lipinski definition) is 0. The van der Waals surface area contributed by atoms with Crippen LogP contribution in [0.2, 0.25) is 0 Å². The Kier molecular flexibility index (Phi) is 3.90. The van der Waals surface area contributed by atoms with Crippen LogP contribution in [-0.2, 0) is 0 Å². The first-order valence-electron chi connectivity index (χ1n) is 8.76. The molecule has 2 aromatic rings. The second kappa shape index (κ2) is 5.76. The molecular weight excluding hydrogens is 347 g/mol. The molecule has 0 fully saturated rings. The molecule has 0 bridgehead atoms. The largest absolute Gasteiger partial charge is 0.0881 e. The van der Waals surface area contributed by atoms with Crippen molar-refractivity contribution in [2.45, 2.75) is 39.5 Å². The third-order valence-electron chi connectivity index (χ3n) is 6.06. The molecule has 128 valence electrons. The Morgan fingerprint density at radius 2 is 1.04 bits per heavy atom. The highest BCUT2D eigenvalue weighted by molar-refractivity contribution is 6.35. The SMILES string of the molecule is CC1=C(Cl)C(C(C)(C)C2C(Cl)=C(C)c3ccccc32)c2ccccc21. The van der Waals surface area contributed by atoms with Gasteiger partial charge in [0.15, 0.2) is 0 Å². The minimum absolute atomic E-state index is 0.129. The van der Waals surface area contributed by atoms with Crippen LogP contribution in [0, 0.1) is 5.41 Å². The Labute approximate surface area is 160 Å². The highest BCUT2D eigenvalue weighted by atomic mass is 35.5. The monoisotopic (exact) mass is 368 g/mol. The summed E-state index contributed by atoms with van der Waals surface area (Å²) in [6.07, 6.45) is 0. The Hall–Kier alpha value is -1.50. The zero-order valence-electron chi connectivity index (χ0n) is 15.0. The van der Waals surface area contributed by atoms with Crippen molar-refractivity contribution in [3.05, 3.63) is 80.8 Å². The highest BCUT2D eigenvalue weighted by Gasteiger charge is 2.48. The van der Waals surface area contributed by atoms with E-state index in [1.807, 2.05) is 0 Å². The van der Waals surface area contributed by atoms with Gasteiger partial charge in [-0.15, -0.1) is 0 Å². The first-order valence-corrected chi connectivity index (χ1v) is 9.52. The van der Waals surface area contributed by atoms with Crippen LogP contribution in [0.3, 0.4) is 0 Å². The Morgan fingerprint density at radius 3 is 1.44 bits per heavy atom. The van der Waals surface area contributed by atoms with Crippen LogP contribution >= 0.6 is 23.2 Å². The molecule has 2 aromatic carbocycles. The van der Waals surface area contributed by atoms with E-state index in [0.29, 0.717) is 0 Å². The molecule has 0 amide bonds. The average Bonchev–Trinajstić information content (AvgIpc) is 3.01. The van der Waals surface area contributed by atoms with E-state index in [0.717, 1.165) is 10.1 Å². The minimum atomic E-state index is -0.129. The summed E-state index contributed by atoms with van der Waals surface area (Å²) in [6.45, 7) is 8.86. The molecular formula is C23H22Cl2. The van der Waals surface area contributed by atoms with Crippen molar-refractivity contribution in [1.82, 2.24) is 0 Å². The van der Waals surface area contributed by atoms with E-state index in [2.05, 4.69) is 76.2 Å². The predicted molar refractivity (Wildman–Crippen MR) is 109 cm³/mol. The highest BCUT2D eigenvalue weighted by Crippen LogP contribution is 2.62. The molecule has 4 rings (SSSR count). The maximum absolute atomic E-state index is 6.89. The molecule has 0 saturated carbocycles. The number of fused-ring (bicyclic) bond motifs is 2. The van der Waals surface area contributed by atoms with Crippen LogP contribution in [0.15, 0.2) is 58.6 Å². The predicted octanol–water partition coefficient (Wildman–Crippen LogP) is 7.55. The van der Waals surface area contributed by atoms with Gasteiger partial charge in [0.25, 0.3) is 0 Å². The van der Waals surface area contributed by atoms with Crippen molar-refractivity contribution in [2.75, 3.05) is 0 Å². The van der Waals surface area contributed by atoms with Crippen molar-refractivity contribution in [1.29, 1.82) is 0 Å². The molecule has 2 aliphatic carbocycles. The number of halogens is 2. The number of rotatable bonds is 2. The van der Waals surface area contributed by atoms with Gasteiger partial charge < -0.3 is 0 Å². The summed E-state index contributed by atoms with van der Waals surface area (Å²) in [5, 5.41) is 1.91. The first-order chi connectivity index (χ1) is 11.9. The molecule has 25 heavy (non-hydrogen) atoms. The van der Waals surface area contributed by atoms with Gasteiger partial charge in [-0.25, -0.2) is 0 Å². The summed E-state index contributed by atoms with van der Waals surface area (Å²) in [5.41, 5.74) is 7.44. The van der Waals surface area contributed by atoms with Gasteiger partial charge in [-0.1, -0.05) is 85.6 Å². The molecule has 0 aromatic heterocycles. The summed E-state index contributed by atoms with van der Waals surface area (Å²) in [6, 6.07) is 17.2. The van der Waals surface area contributed by atoms with Crippen LogP contribution in [-0.4, -0.2) is 0 Å². The topological polar surface area (TPSA) is 0 Å². The lowest BCUT2D eigenvalue weighted by atomic mass is 9.66. The smallest absolute Gasteiger partial charge is 0.0296 e. The van der Waals surface area contributed by atoms with Gasteiger partial charge in [-0.2, -0.15) is 0 Å². The molecule has 2 unspecified atom stereocenters. The van der Waals surface area contributed by atoms with Gasteiger partial charge in [0.05, 0.1) is 0 Å². The maximum atomic E-state index is 6.89. The van der Waals surface area contributed by atoms with E-state index in [9.17, 15) is 0 Å². The zero-order valence-corrected chi connectivity index (χ0v) is 16.5. The Balaban J connectivity index is 1.90. The fourth-order valence-corrected chi connectivity index (χ4v) is 5.77. The lowest BCUT2D eigenvalue weighted by Gasteiger charge is -2.39. The van der Waals surface area contributed by atoms with E-state index in [4.69, 9.17) is 23.2 Å². The van der Waals surface area contributed by atoms with Crippen molar-refractivity contribution < 1.29 is 0 Å². The summed E-state index contributed by atoms with van der Waals surface area (Å²) in [5.74, 6) is 0.311. The second-order valence-electron chi connectivity index (χ2n) is 7.81. The lowest BCUT2D eigenvalue weighted by molar-refractivity contribution is 0.285. The van der Waals surface area contributed by atoms with Crippen molar-refractivity contribution in [3.8, 4) is 0 Å². The molecule has 0 aliphatic heterocycles.